The maximum Gasteiger partial charge on any atom is 0.213 e. The van der Waals surface area contributed by atoms with E-state index < -0.39 is 17.7 Å². The molecule has 2 aliphatic carbocycles. The molecule has 142 heavy (non-hydrogen) atoms. The molecule has 10 aromatic carbocycles. The number of hydrogen-bond donors (Lipinski definition) is 0. The molecular weight excluding hydrogens is 1720 g/mol. The van der Waals surface area contributed by atoms with Crippen molar-refractivity contribution < 1.29 is 26.9 Å². The van der Waals surface area contributed by atoms with Crippen LogP contribution in [0.15, 0.2) is 334 Å². The third kappa shape index (κ3) is 26.7. The molecule has 2 saturated carbocycles. The molecule has 2 aliphatic rings. The maximum absolute atomic E-state index is 9.43. The highest BCUT2D eigenvalue weighted by Gasteiger charge is 2.39. The van der Waals surface area contributed by atoms with Crippen LogP contribution >= 0.6 is 0 Å². The summed E-state index contributed by atoms with van der Waals surface area (Å²) < 4.78 is 38.7. The van der Waals surface area contributed by atoms with Crippen molar-refractivity contribution in [3.63, 3.8) is 0 Å². The first-order valence-electron chi connectivity index (χ1n) is 54.3. The van der Waals surface area contributed by atoms with Gasteiger partial charge in [0.2, 0.25) is 28.5 Å². The van der Waals surface area contributed by atoms with Gasteiger partial charge in [0.15, 0.2) is 31.0 Å². The van der Waals surface area contributed by atoms with Crippen molar-refractivity contribution in [3.8, 4) is 112 Å². The Morgan fingerprint density at radius 1 is 0.261 bits per heavy atom. The number of rotatable bonds is 19. The second-order valence-corrected chi connectivity index (χ2v) is 46.6. The Kier molecular flexibility index (Phi) is 34.0. The van der Waals surface area contributed by atoms with Crippen LogP contribution in [0.4, 0.5) is 0 Å². The number of benzene rings is 10. The van der Waals surface area contributed by atoms with E-state index in [1.165, 1.54) is 189 Å². The number of aromatic nitrogens is 5. The lowest BCUT2D eigenvalue weighted by molar-refractivity contribution is -0.660. The van der Waals surface area contributed by atoms with Gasteiger partial charge in [-0.1, -0.05) is 376 Å². The highest BCUT2D eigenvalue weighted by Crippen LogP contribution is 2.51. The van der Waals surface area contributed by atoms with E-state index in [0.717, 1.165) is 35.8 Å². The summed E-state index contributed by atoms with van der Waals surface area (Å²) in [5.74, 6) is 2.95. The number of nitrogens with zero attached hydrogens (tertiary/aromatic N) is 5. The van der Waals surface area contributed by atoms with Gasteiger partial charge in [-0.3, -0.25) is 0 Å². The molecule has 5 heterocycles. The Labute approximate surface area is 863 Å². The summed E-state index contributed by atoms with van der Waals surface area (Å²) in [6.07, 6.45) is 19.6. The van der Waals surface area contributed by atoms with Gasteiger partial charge >= 0.3 is 0 Å². The molecule has 0 aliphatic heterocycles. The van der Waals surface area contributed by atoms with Crippen molar-refractivity contribution >= 4 is 0 Å². The van der Waals surface area contributed by atoms with Gasteiger partial charge in [0.1, 0.15) is 35.2 Å². The molecule has 3 atom stereocenters. The summed E-state index contributed by atoms with van der Waals surface area (Å²) in [6.45, 7) is 55.8. The van der Waals surface area contributed by atoms with E-state index in [1.54, 1.807) is 0 Å². The molecule has 5 heteroatoms. The summed E-state index contributed by atoms with van der Waals surface area (Å²) >= 11 is 0. The molecule has 0 bridgehead atoms. The summed E-state index contributed by atoms with van der Waals surface area (Å²) in [4.78, 5) is 0. The molecule has 5 aromatic heterocycles. The Morgan fingerprint density at radius 3 is 0.775 bits per heavy atom. The maximum atomic E-state index is 9.43. The third-order valence-corrected chi connectivity index (χ3v) is 30.1. The Hall–Kier alpha value is -12.1. The zero-order chi connectivity index (χ0) is 105. The van der Waals surface area contributed by atoms with Gasteiger partial charge in [-0.05, 0) is 282 Å². The number of aryl methyl sites for hydroxylation is 10. The molecule has 5 nitrogen and oxygen atoms in total. The second kappa shape index (κ2) is 47.0. The molecule has 0 N–H and O–H groups in total. The van der Waals surface area contributed by atoms with E-state index in [9.17, 15) is 2.74 Å². The number of fused-ring (bicyclic) bond motifs is 1. The van der Waals surface area contributed by atoms with Crippen molar-refractivity contribution in [1.29, 1.82) is 0 Å². The minimum absolute atomic E-state index is 0.175. The topological polar surface area (TPSA) is 19.4 Å². The summed E-state index contributed by atoms with van der Waals surface area (Å²) in [6, 6.07) is 110. The smallest absolute Gasteiger partial charge is 0.201 e. The predicted molar refractivity (Wildman–Crippen MR) is 606 cm³/mol. The van der Waals surface area contributed by atoms with Crippen LogP contribution < -0.4 is 22.8 Å². The van der Waals surface area contributed by atoms with Crippen LogP contribution in [0.3, 0.4) is 0 Å². The van der Waals surface area contributed by atoms with Gasteiger partial charge < -0.3 is 0 Å². The lowest BCUT2D eigenvalue weighted by atomic mass is 9.63. The highest BCUT2D eigenvalue weighted by atomic mass is 14.9. The fourth-order valence-corrected chi connectivity index (χ4v) is 23.9. The largest absolute Gasteiger partial charge is 0.213 e. The Balaban J connectivity index is 0.000000152. The van der Waals surface area contributed by atoms with Gasteiger partial charge in [-0.2, -0.15) is 0 Å². The molecule has 2 fully saturated rings. The van der Waals surface area contributed by atoms with Crippen molar-refractivity contribution in [2.45, 2.75) is 248 Å². The first-order valence-corrected chi connectivity index (χ1v) is 52.8. The molecule has 15 aromatic rings. The summed E-state index contributed by atoms with van der Waals surface area (Å²) in [5.41, 5.74) is 37.6. The fraction of sp³-hybridized carbons (Fsp3) is 0.380. The van der Waals surface area contributed by atoms with E-state index >= 15 is 0 Å². The summed E-state index contributed by atoms with van der Waals surface area (Å²) in [5, 5.41) is 0. The van der Waals surface area contributed by atoms with Gasteiger partial charge in [0.25, 0.3) is 0 Å². The van der Waals surface area contributed by atoms with Crippen LogP contribution in [0.5, 0.6) is 0 Å². The monoisotopic (exact) mass is 1890 g/mol. The third-order valence-electron chi connectivity index (χ3n) is 30.1. The van der Waals surface area contributed by atoms with Crippen LogP contribution in [0.2, 0.25) is 0 Å². The quantitative estimate of drug-likeness (QED) is 0.0719. The van der Waals surface area contributed by atoms with Gasteiger partial charge in [0, 0.05) is 92.6 Å². The second-order valence-electron chi connectivity index (χ2n) is 46.6. The van der Waals surface area contributed by atoms with Crippen molar-refractivity contribution in [3.05, 3.63) is 390 Å². The minimum Gasteiger partial charge on any atom is -0.201 e. The van der Waals surface area contributed by atoms with Gasteiger partial charge in [-0.25, -0.2) is 22.8 Å². The standard InChI is InChI=1S/C29H34N.2C28H36N.2C26H32N/c1-21-7-3-6-10-28(21)29-20-27(17-18-30(29)2)24-13-11-23(12-14-24)26-16-15-22-8-4-5-9-25(22)19-26;2*1-20-11-9-10-12-24(20)25-19-23(17-18-29(25)8)21-13-15-22(16-14-21)26(27(2,3)4)28(5,6)7;2*1-18(2)26(19(3)4)22-13-11-21(12-14-22)23-15-16-27(6)25(17-23)24-10-8-7-9-20(24)5/h3,6-7,10-14,17-18,20,22,25-26H,4-5,8-9,15-16,19H2,1-2H3;2*9-19,26H,1-8H3;2*7-19,26H,1-6H3/q5*+1/t22-,25-,26?;;;;/m0..../s1/i2*26D;;26D;. The molecule has 0 spiro atoms. The zero-order valence-corrected chi connectivity index (χ0v) is 92.1. The van der Waals surface area contributed by atoms with Crippen LogP contribution in [-0.2, 0) is 35.2 Å². The molecule has 0 amide bonds. The van der Waals surface area contributed by atoms with E-state index in [1.807, 2.05) is 0 Å². The first kappa shape index (κ1) is 103. The predicted octanol–water partition coefficient (Wildman–Crippen LogP) is 35.0. The average molecular weight is 1890 g/mol. The number of pyridine rings is 5. The van der Waals surface area contributed by atoms with Crippen molar-refractivity contribution in [2.75, 3.05) is 0 Å². The van der Waals surface area contributed by atoms with Crippen LogP contribution in [-0.4, -0.2) is 0 Å². The minimum atomic E-state index is -0.687. The first-order chi connectivity index (χ1) is 68.5. The van der Waals surface area contributed by atoms with E-state index in [2.05, 4.69) is 565 Å². The van der Waals surface area contributed by atoms with Crippen LogP contribution in [0, 0.1) is 91.8 Å². The summed E-state index contributed by atoms with van der Waals surface area (Å²) in [7, 11) is 10.5. The lowest BCUT2D eigenvalue weighted by Gasteiger charge is -2.41. The van der Waals surface area contributed by atoms with Gasteiger partial charge in [-0.15, -0.1) is 0 Å². The number of hydrogen-bond acceptors (Lipinski definition) is 0. The zero-order valence-electron chi connectivity index (χ0n) is 95.1. The molecule has 1 unspecified atom stereocenters. The van der Waals surface area contributed by atoms with Gasteiger partial charge in [0.05, 0.1) is 0 Å². The van der Waals surface area contributed by atoms with Crippen molar-refractivity contribution in [2.24, 2.45) is 92.4 Å². The van der Waals surface area contributed by atoms with E-state index in [4.69, 9.17) is 1.37 Å². The van der Waals surface area contributed by atoms with Crippen LogP contribution in [0.25, 0.3) is 112 Å². The van der Waals surface area contributed by atoms with E-state index in [0.29, 0.717) is 23.7 Å². The molecule has 738 valence electrons. The molecular formula is C137H170N5+5. The Bertz CT molecular complexity index is 6820. The average Bonchev–Trinajstić information content (AvgIpc) is 0.740. The highest BCUT2D eigenvalue weighted by molar-refractivity contribution is 5.76. The van der Waals surface area contributed by atoms with E-state index in [-0.39, 0.29) is 33.5 Å². The molecule has 17 rings (SSSR count). The fourth-order valence-electron chi connectivity index (χ4n) is 23.9. The van der Waals surface area contributed by atoms with Crippen LogP contribution in [0.1, 0.15) is 273 Å². The molecule has 0 saturated heterocycles. The Morgan fingerprint density at radius 2 is 0.514 bits per heavy atom. The SMILES string of the molecule is Cc1ccccc1-c1cc(-c2ccc(C(C(C)(C)C)C(C)(C)C)cc2)cc[n+]1C.Cc1ccccc1-c1cc(-c2ccc(C(C(C)C)C(C)C)cc2)cc[n+]1C.[2H]C(c1ccc(-c2cc[n+](C)c(-c3ccccc3C)c2)cc1)(C(C)(C)C)C(C)(C)C.[2H]C(c1ccc(-c2cc[n+](C)c(-c3ccccc3C)c2)cc1)(C(C)C)C(C)C.[2H]C1(c2ccc(-c3cc[n+](C)c(-c4ccccc4C)c3)cc2)CC[C@@H]2CCCC[C@H]2C1. The van der Waals surface area contributed by atoms with Crippen molar-refractivity contribution in [1.82, 2.24) is 0 Å². The normalized spacial score (nSPS) is 15.5. The molecule has 0 radical (unpaired) electrons. The lowest BCUT2D eigenvalue weighted by Crippen LogP contribution is -2.30.